The van der Waals surface area contributed by atoms with Crippen LogP contribution in [0.25, 0.3) is 0 Å². The summed E-state index contributed by atoms with van der Waals surface area (Å²) in [5.41, 5.74) is 0.926. The predicted octanol–water partition coefficient (Wildman–Crippen LogP) is 3.77. The van der Waals surface area contributed by atoms with Crippen molar-refractivity contribution in [1.29, 1.82) is 0 Å². The second kappa shape index (κ2) is 11.9. The molecule has 1 atom stereocenters. The van der Waals surface area contributed by atoms with Crippen LogP contribution in [-0.2, 0) is 4.79 Å². The van der Waals surface area contributed by atoms with Crippen LogP contribution in [0.3, 0.4) is 0 Å². The topological polar surface area (TPSA) is 87.7 Å². The first-order chi connectivity index (χ1) is 16.3. The summed E-state index contributed by atoms with van der Waals surface area (Å²) < 4.78 is 5.16. The summed E-state index contributed by atoms with van der Waals surface area (Å²) in [6.07, 6.45) is 1.20. The lowest BCUT2D eigenvalue weighted by molar-refractivity contribution is -0.124. The fourth-order valence-electron chi connectivity index (χ4n) is 4.03. The molecule has 1 saturated heterocycles. The highest BCUT2D eigenvalue weighted by molar-refractivity contribution is 6.33. The number of methoxy groups -OCH3 is 1. The molecule has 8 heteroatoms. The number of hydrogen-bond donors (Lipinski definition) is 2. The normalized spacial score (nSPS) is 15.0. The van der Waals surface area contributed by atoms with Crippen molar-refractivity contribution < 1.29 is 19.1 Å². The lowest BCUT2D eigenvalue weighted by atomic mass is 9.88. The fourth-order valence-corrected chi connectivity index (χ4v) is 4.25. The largest absolute Gasteiger partial charge is 0.497 e. The van der Waals surface area contributed by atoms with Crippen LogP contribution in [0.4, 0.5) is 0 Å². The molecule has 34 heavy (non-hydrogen) atoms. The van der Waals surface area contributed by atoms with E-state index >= 15 is 0 Å². The minimum atomic E-state index is -0.708. The van der Waals surface area contributed by atoms with Crippen LogP contribution in [0.1, 0.15) is 47.4 Å². The molecule has 2 aromatic carbocycles. The van der Waals surface area contributed by atoms with Crippen LogP contribution in [0.5, 0.6) is 5.75 Å². The van der Waals surface area contributed by atoms with Gasteiger partial charge in [-0.2, -0.15) is 0 Å². The molecule has 3 rings (SSSR count). The van der Waals surface area contributed by atoms with Crippen LogP contribution in [0.15, 0.2) is 48.5 Å². The van der Waals surface area contributed by atoms with Crippen molar-refractivity contribution in [2.45, 2.75) is 32.7 Å². The van der Waals surface area contributed by atoms with Crippen LogP contribution < -0.4 is 15.4 Å². The van der Waals surface area contributed by atoms with Crippen molar-refractivity contribution in [2.75, 3.05) is 26.7 Å². The molecule has 1 heterocycles. The smallest absolute Gasteiger partial charge is 0.253 e. The number of nitrogens with one attached hydrogen (secondary N) is 2. The van der Waals surface area contributed by atoms with Gasteiger partial charge < -0.3 is 20.3 Å². The molecule has 7 nitrogen and oxygen atoms in total. The third-order valence-corrected chi connectivity index (χ3v) is 6.34. The average Bonchev–Trinajstić information content (AvgIpc) is 2.85. The molecular weight excluding hydrogens is 454 g/mol. The first-order valence-electron chi connectivity index (χ1n) is 11.6. The van der Waals surface area contributed by atoms with E-state index in [1.54, 1.807) is 60.5 Å². The second-order valence-corrected chi connectivity index (χ2v) is 9.34. The summed E-state index contributed by atoms with van der Waals surface area (Å²) in [5, 5.41) is 6.18. The molecule has 0 radical (unpaired) electrons. The third-order valence-electron chi connectivity index (χ3n) is 6.01. The van der Waals surface area contributed by atoms with Gasteiger partial charge in [0.25, 0.3) is 11.8 Å². The van der Waals surface area contributed by atoms with Crippen molar-refractivity contribution in [3.8, 4) is 5.75 Å². The first-order valence-corrected chi connectivity index (χ1v) is 11.9. The van der Waals surface area contributed by atoms with Gasteiger partial charge in [0.15, 0.2) is 0 Å². The number of ether oxygens (including phenoxy) is 1. The highest BCUT2D eigenvalue weighted by atomic mass is 35.5. The predicted molar refractivity (Wildman–Crippen MR) is 132 cm³/mol. The van der Waals surface area contributed by atoms with Gasteiger partial charge in [-0.05, 0) is 61.1 Å². The van der Waals surface area contributed by atoms with E-state index < -0.39 is 6.04 Å². The number of carbonyl (C=O) groups is 3. The number of rotatable bonds is 8. The number of nitrogens with zero attached hydrogens (tertiary/aromatic N) is 1. The maximum atomic E-state index is 13.0. The summed E-state index contributed by atoms with van der Waals surface area (Å²) in [5.74, 6) is 0.231. The van der Waals surface area contributed by atoms with E-state index in [2.05, 4.69) is 10.6 Å². The van der Waals surface area contributed by atoms with Crippen LogP contribution >= 0.6 is 11.6 Å². The molecule has 182 valence electrons. The highest BCUT2D eigenvalue weighted by Crippen LogP contribution is 2.24. The Morgan fingerprint density at radius 3 is 2.29 bits per heavy atom. The van der Waals surface area contributed by atoms with Crippen molar-refractivity contribution >= 4 is 29.3 Å². The zero-order valence-electron chi connectivity index (χ0n) is 19.8. The number of likely N-dealkylation sites (tertiary alicyclic amines) is 1. The van der Waals surface area contributed by atoms with E-state index in [4.69, 9.17) is 16.3 Å². The average molecular weight is 486 g/mol. The SMILES string of the molecule is COc1ccc(C(=O)N2CCC(C(NC(=O)c3ccccc3Cl)C(=O)NCC(C)C)CC2)cc1. The highest BCUT2D eigenvalue weighted by Gasteiger charge is 2.34. The molecule has 0 spiro atoms. The van der Waals surface area contributed by atoms with Crippen molar-refractivity contribution in [3.63, 3.8) is 0 Å². The van der Waals surface area contributed by atoms with Gasteiger partial charge in [0.05, 0.1) is 17.7 Å². The van der Waals surface area contributed by atoms with Gasteiger partial charge >= 0.3 is 0 Å². The fraction of sp³-hybridized carbons (Fsp3) is 0.423. The molecule has 0 aromatic heterocycles. The van der Waals surface area contributed by atoms with Gasteiger partial charge in [-0.1, -0.05) is 37.6 Å². The van der Waals surface area contributed by atoms with E-state index in [9.17, 15) is 14.4 Å². The molecule has 0 aliphatic carbocycles. The van der Waals surface area contributed by atoms with Crippen LogP contribution in [0, 0.1) is 11.8 Å². The molecule has 2 aromatic rings. The Morgan fingerprint density at radius 1 is 1.06 bits per heavy atom. The summed E-state index contributed by atoms with van der Waals surface area (Å²) in [7, 11) is 1.58. The number of hydrogen-bond acceptors (Lipinski definition) is 4. The Kier molecular flexibility index (Phi) is 8.93. The molecule has 1 fully saturated rings. The Hall–Kier alpha value is -3.06. The van der Waals surface area contributed by atoms with Gasteiger partial charge in [-0.15, -0.1) is 0 Å². The number of halogens is 1. The number of carbonyl (C=O) groups excluding carboxylic acids is 3. The summed E-state index contributed by atoms with van der Waals surface area (Å²) in [4.78, 5) is 40.7. The van der Waals surface area contributed by atoms with Crippen LogP contribution in [0.2, 0.25) is 5.02 Å². The first kappa shape index (κ1) is 25.6. The number of piperidine rings is 1. The van der Waals surface area contributed by atoms with Crippen molar-refractivity contribution in [3.05, 3.63) is 64.7 Å². The van der Waals surface area contributed by atoms with E-state index in [-0.39, 0.29) is 29.6 Å². The van der Waals surface area contributed by atoms with E-state index in [0.29, 0.717) is 54.4 Å². The molecular formula is C26H32ClN3O4. The Morgan fingerprint density at radius 2 is 1.71 bits per heavy atom. The zero-order valence-corrected chi connectivity index (χ0v) is 20.6. The number of amides is 3. The minimum absolute atomic E-state index is 0.0537. The van der Waals surface area contributed by atoms with Gasteiger partial charge in [0.1, 0.15) is 11.8 Å². The van der Waals surface area contributed by atoms with E-state index in [1.165, 1.54) is 0 Å². The molecule has 2 N–H and O–H groups in total. The molecule has 0 bridgehead atoms. The zero-order chi connectivity index (χ0) is 24.7. The van der Waals surface area contributed by atoms with Gasteiger partial charge in [-0.3, -0.25) is 14.4 Å². The maximum Gasteiger partial charge on any atom is 0.253 e. The molecule has 1 unspecified atom stereocenters. The standard InChI is InChI=1S/C26H32ClN3O4/c1-17(2)16-28-25(32)23(29-24(31)21-6-4-5-7-22(21)27)18-12-14-30(15-13-18)26(33)19-8-10-20(34-3)11-9-19/h4-11,17-18,23H,12-16H2,1-3H3,(H,28,32)(H,29,31). The van der Waals surface area contributed by atoms with Gasteiger partial charge in [0, 0.05) is 25.2 Å². The Balaban J connectivity index is 1.68. The summed E-state index contributed by atoms with van der Waals surface area (Å²) >= 11 is 6.19. The monoisotopic (exact) mass is 485 g/mol. The number of benzene rings is 2. The Labute approximate surface area is 205 Å². The lowest BCUT2D eigenvalue weighted by Gasteiger charge is -2.36. The van der Waals surface area contributed by atoms with Crippen LogP contribution in [-0.4, -0.2) is 55.4 Å². The quantitative estimate of drug-likeness (QED) is 0.595. The summed E-state index contributed by atoms with van der Waals surface area (Å²) in [6, 6.07) is 13.1. The lowest BCUT2D eigenvalue weighted by Crippen LogP contribution is -2.54. The van der Waals surface area contributed by atoms with Crippen molar-refractivity contribution in [2.24, 2.45) is 11.8 Å². The molecule has 1 aliphatic heterocycles. The molecule has 1 aliphatic rings. The maximum absolute atomic E-state index is 13.0. The van der Waals surface area contributed by atoms with E-state index in [1.807, 2.05) is 13.8 Å². The molecule has 3 amide bonds. The summed E-state index contributed by atoms with van der Waals surface area (Å²) in [6.45, 7) is 5.56. The van der Waals surface area contributed by atoms with Gasteiger partial charge in [0.2, 0.25) is 5.91 Å². The van der Waals surface area contributed by atoms with Gasteiger partial charge in [-0.25, -0.2) is 0 Å². The molecule has 0 saturated carbocycles. The van der Waals surface area contributed by atoms with E-state index in [0.717, 1.165) is 0 Å². The minimum Gasteiger partial charge on any atom is -0.497 e. The Bertz CT molecular complexity index is 1000. The van der Waals surface area contributed by atoms with Crippen molar-refractivity contribution in [1.82, 2.24) is 15.5 Å². The second-order valence-electron chi connectivity index (χ2n) is 8.93. The third kappa shape index (κ3) is 6.50.